The first-order chi connectivity index (χ1) is 8.85. The maximum atomic E-state index is 4.16. The molecule has 1 heterocycles. The summed E-state index contributed by atoms with van der Waals surface area (Å²) in [4.78, 5) is 4.16. The number of rotatable bonds is 6. The lowest BCUT2D eigenvalue weighted by molar-refractivity contribution is 0.532. The fourth-order valence-electron chi connectivity index (χ4n) is 2.41. The lowest BCUT2D eigenvalue weighted by atomic mass is 9.99. The van der Waals surface area contributed by atoms with E-state index in [1.807, 2.05) is 12.5 Å². The lowest BCUT2D eigenvalue weighted by Crippen LogP contribution is -2.08. The van der Waals surface area contributed by atoms with Crippen molar-refractivity contribution in [2.24, 2.45) is 0 Å². The smallest absolute Gasteiger partial charge is 0.0951 e. The predicted molar refractivity (Wildman–Crippen MR) is 75.7 cm³/mol. The first kappa shape index (κ1) is 12.9. The zero-order valence-corrected chi connectivity index (χ0v) is 11.3. The van der Waals surface area contributed by atoms with Crippen LogP contribution in [0.4, 0.5) is 0 Å². The van der Waals surface area contributed by atoms with E-state index < -0.39 is 0 Å². The van der Waals surface area contributed by atoms with E-state index in [0.29, 0.717) is 6.04 Å². The van der Waals surface area contributed by atoms with Crippen molar-refractivity contribution in [1.29, 1.82) is 0 Å². The topological polar surface area (TPSA) is 17.8 Å². The largest absolute Gasteiger partial charge is 0.330 e. The first-order valence-corrected chi connectivity index (χ1v) is 6.91. The summed E-state index contributed by atoms with van der Waals surface area (Å²) in [6.45, 7) is 4.45. The molecule has 2 nitrogen and oxygen atoms in total. The summed E-state index contributed by atoms with van der Waals surface area (Å²) in [5, 5.41) is 0. The van der Waals surface area contributed by atoms with Crippen LogP contribution < -0.4 is 0 Å². The number of nitrogens with zero attached hydrogens (tertiary/aromatic N) is 2. The lowest BCUT2D eigenvalue weighted by Gasteiger charge is -2.18. The van der Waals surface area contributed by atoms with Crippen molar-refractivity contribution < 1.29 is 0 Å². The molecule has 0 spiro atoms. The van der Waals surface area contributed by atoms with Crippen molar-refractivity contribution in [1.82, 2.24) is 9.55 Å². The van der Waals surface area contributed by atoms with E-state index in [2.05, 4.69) is 53.9 Å². The van der Waals surface area contributed by atoms with Gasteiger partial charge in [0.15, 0.2) is 0 Å². The van der Waals surface area contributed by atoms with Crippen molar-refractivity contribution in [3.8, 4) is 0 Å². The number of imidazole rings is 1. The van der Waals surface area contributed by atoms with Crippen molar-refractivity contribution in [2.45, 2.75) is 45.6 Å². The fourth-order valence-corrected chi connectivity index (χ4v) is 2.41. The van der Waals surface area contributed by atoms with E-state index in [0.717, 1.165) is 6.42 Å². The van der Waals surface area contributed by atoms with Crippen molar-refractivity contribution in [3.63, 3.8) is 0 Å². The highest BCUT2D eigenvalue weighted by Gasteiger charge is 2.11. The Morgan fingerprint density at radius 1 is 1.11 bits per heavy atom. The van der Waals surface area contributed by atoms with E-state index in [1.54, 1.807) is 0 Å². The van der Waals surface area contributed by atoms with Gasteiger partial charge in [-0.1, -0.05) is 51.0 Å². The molecule has 2 heteroatoms. The van der Waals surface area contributed by atoms with E-state index in [-0.39, 0.29) is 0 Å². The van der Waals surface area contributed by atoms with Crippen LogP contribution in [0.1, 0.15) is 50.3 Å². The van der Waals surface area contributed by atoms with Gasteiger partial charge >= 0.3 is 0 Å². The highest BCUT2D eigenvalue weighted by molar-refractivity contribution is 5.25. The second-order valence-electron chi connectivity index (χ2n) is 4.81. The fraction of sp³-hybridized carbons (Fsp3) is 0.438. The monoisotopic (exact) mass is 242 g/mol. The third kappa shape index (κ3) is 3.00. The summed E-state index contributed by atoms with van der Waals surface area (Å²) < 4.78 is 2.21. The average molecular weight is 242 g/mol. The molecule has 0 aliphatic carbocycles. The van der Waals surface area contributed by atoms with Crippen LogP contribution in [-0.4, -0.2) is 9.55 Å². The molecular weight excluding hydrogens is 220 g/mol. The second-order valence-corrected chi connectivity index (χ2v) is 4.81. The Balaban J connectivity index is 2.20. The molecule has 1 atom stereocenters. The molecule has 0 saturated heterocycles. The molecule has 96 valence electrons. The minimum absolute atomic E-state index is 0.424. The van der Waals surface area contributed by atoms with E-state index in [4.69, 9.17) is 0 Å². The average Bonchev–Trinajstić information content (AvgIpc) is 2.91. The minimum atomic E-state index is 0.424. The zero-order valence-electron chi connectivity index (χ0n) is 11.3. The molecule has 0 aliphatic rings. The number of hydrogen-bond donors (Lipinski definition) is 0. The molecule has 0 saturated carbocycles. The van der Waals surface area contributed by atoms with Crippen LogP contribution in [0.2, 0.25) is 0 Å². The Morgan fingerprint density at radius 3 is 2.44 bits per heavy atom. The van der Waals surface area contributed by atoms with Gasteiger partial charge in [-0.25, -0.2) is 4.98 Å². The third-order valence-electron chi connectivity index (χ3n) is 3.35. The van der Waals surface area contributed by atoms with Gasteiger partial charge in [-0.15, -0.1) is 0 Å². The van der Waals surface area contributed by atoms with Crippen molar-refractivity contribution >= 4 is 0 Å². The zero-order chi connectivity index (χ0) is 12.8. The second kappa shape index (κ2) is 6.39. The summed E-state index contributed by atoms with van der Waals surface area (Å²) in [6.07, 6.45) is 10.5. The van der Waals surface area contributed by atoms with Crippen LogP contribution in [0.3, 0.4) is 0 Å². The van der Waals surface area contributed by atoms with Gasteiger partial charge in [0.25, 0.3) is 0 Å². The number of aromatic nitrogens is 2. The first-order valence-electron chi connectivity index (χ1n) is 6.91. The van der Waals surface area contributed by atoms with E-state index in [1.165, 1.54) is 30.4 Å². The van der Waals surface area contributed by atoms with Crippen LogP contribution >= 0.6 is 0 Å². The Kier molecular flexibility index (Phi) is 4.57. The highest BCUT2D eigenvalue weighted by atomic mass is 15.0. The van der Waals surface area contributed by atoms with Gasteiger partial charge in [-0.3, -0.25) is 0 Å². The molecule has 1 aromatic carbocycles. The Labute approximate surface area is 110 Å². The van der Waals surface area contributed by atoms with E-state index in [9.17, 15) is 0 Å². The molecule has 0 fully saturated rings. The minimum Gasteiger partial charge on any atom is -0.330 e. The summed E-state index contributed by atoms with van der Waals surface area (Å²) in [7, 11) is 0. The van der Waals surface area contributed by atoms with Gasteiger partial charge in [0.1, 0.15) is 0 Å². The highest BCUT2D eigenvalue weighted by Crippen LogP contribution is 2.23. The summed E-state index contributed by atoms with van der Waals surface area (Å²) >= 11 is 0. The van der Waals surface area contributed by atoms with Crippen LogP contribution in [-0.2, 0) is 6.42 Å². The number of benzene rings is 1. The Bertz CT molecular complexity index is 442. The van der Waals surface area contributed by atoms with Gasteiger partial charge in [-0.2, -0.15) is 0 Å². The summed E-state index contributed by atoms with van der Waals surface area (Å²) in [5.41, 5.74) is 2.82. The molecule has 0 amide bonds. The molecule has 2 rings (SSSR count). The van der Waals surface area contributed by atoms with Gasteiger partial charge in [0.2, 0.25) is 0 Å². The molecule has 18 heavy (non-hydrogen) atoms. The molecule has 2 aromatic rings. The van der Waals surface area contributed by atoms with Gasteiger partial charge in [0.05, 0.1) is 12.4 Å². The SMILES string of the molecule is CCCc1ccc(C(CCC)n2ccnc2)cc1. The van der Waals surface area contributed by atoms with Crippen LogP contribution in [0.25, 0.3) is 0 Å². The molecule has 0 N–H and O–H groups in total. The third-order valence-corrected chi connectivity index (χ3v) is 3.35. The van der Waals surface area contributed by atoms with Crippen LogP contribution in [0, 0.1) is 0 Å². The molecule has 1 unspecified atom stereocenters. The van der Waals surface area contributed by atoms with Crippen LogP contribution in [0.15, 0.2) is 43.0 Å². The molecule has 0 aliphatic heterocycles. The van der Waals surface area contributed by atoms with Crippen LogP contribution in [0.5, 0.6) is 0 Å². The predicted octanol–water partition coefficient (Wildman–Crippen LogP) is 4.23. The van der Waals surface area contributed by atoms with Gasteiger partial charge in [0, 0.05) is 12.4 Å². The van der Waals surface area contributed by atoms with Crippen molar-refractivity contribution in [3.05, 3.63) is 54.1 Å². The Morgan fingerprint density at radius 2 is 1.89 bits per heavy atom. The molecule has 0 bridgehead atoms. The van der Waals surface area contributed by atoms with E-state index >= 15 is 0 Å². The van der Waals surface area contributed by atoms with Crippen molar-refractivity contribution in [2.75, 3.05) is 0 Å². The normalized spacial score (nSPS) is 12.6. The van der Waals surface area contributed by atoms with Gasteiger partial charge in [-0.05, 0) is 24.0 Å². The quantitative estimate of drug-likeness (QED) is 0.741. The maximum Gasteiger partial charge on any atom is 0.0951 e. The maximum absolute atomic E-state index is 4.16. The number of aryl methyl sites for hydroxylation is 1. The van der Waals surface area contributed by atoms with Gasteiger partial charge < -0.3 is 4.57 Å². The summed E-state index contributed by atoms with van der Waals surface area (Å²) in [5.74, 6) is 0. The standard InChI is InChI=1S/C16H22N2/c1-3-5-14-7-9-15(10-8-14)16(6-4-2)18-12-11-17-13-18/h7-13,16H,3-6H2,1-2H3. The molecular formula is C16H22N2. The molecule has 0 radical (unpaired) electrons. The Hall–Kier alpha value is -1.57. The number of hydrogen-bond acceptors (Lipinski definition) is 1. The summed E-state index contributed by atoms with van der Waals surface area (Å²) in [6, 6.07) is 9.49. The molecule has 1 aromatic heterocycles.